The fourth-order valence-corrected chi connectivity index (χ4v) is 3.02. The number of ketones is 1. The van der Waals surface area contributed by atoms with Crippen LogP contribution in [0.15, 0.2) is 34.7 Å². The molecule has 1 aliphatic rings. The summed E-state index contributed by atoms with van der Waals surface area (Å²) in [6, 6.07) is 0. The fraction of sp³-hybridized carbons (Fsp3) is 0.350. The molecule has 0 aromatic carbocycles. The number of carbonyl (C=O) groups excluding carboxylic acids is 3. The Labute approximate surface area is 156 Å². The molecule has 142 valence electrons. The molecule has 0 spiro atoms. The minimum Gasteiger partial charge on any atom is -0.492 e. The summed E-state index contributed by atoms with van der Waals surface area (Å²) < 4.78 is 11.9. The van der Waals surface area contributed by atoms with Crippen LogP contribution in [0.1, 0.15) is 53.1 Å². The van der Waals surface area contributed by atoms with Gasteiger partial charge in [-0.3, -0.25) is 9.59 Å². The number of hydrogen-bond acceptors (Lipinski definition) is 6. The number of hydrogen-bond donors (Lipinski definition) is 0. The molecular weight excluding hydrogens is 350 g/mol. The van der Waals surface area contributed by atoms with Crippen LogP contribution in [0.4, 0.5) is 0 Å². The zero-order chi connectivity index (χ0) is 20.1. The van der Waals surface area contributed by atoms with E-state index < -0.39 is 23.2 Å². The van der Waals surface area contributed by atoms with Crippen LogP contribution in [0.5, 0.6) is 5.75 Å². The molecule has 1 aliphatic carbocycles. The highest BCUT2D eigenvalue weighted by Gasteiger charge is 2.33. The molecule has 0 saturated heterocycles. The smallest absolute Gasteiger partial charge is 0.343 e. The fourth-order valence-electron chi connectivity index (χ4n) is 3.02. The lowest BCUT2D eigenvalue weighted by atomic mass is 9.88. The van der Waals surface area contributed by atoms with Gasteiger partial charge in [-0.05, 0) is 26.8 Å². The Morgan fingerprint density at radius 2 is 1.89 bits per heavy atom. The lowest BCUT2D eigenvalue weighted by molar-refractivity contribution is 0.0519. The van der Waals surface area contributed by atoms with Crippen molar-refractivity contribution in [2.75, 3.05) is 13.2 Å². The highest BCUT2D eigenvalue weighted by atomic mass is 16.5. The van der Waals surface area contributed by atoms with Gasteiger partial charge in [-0.25, -0.2) is 9.59 Å². The number of aromatic nitrogens is 1. The Bertz CT molecular complexity index is 944. The van der Waals surface area contributed by atoms with Gasteiger partial charge in [-0.15, -0.1) is 0 Å². The summed E-state index contributed by atoms with van der Waals surface area (Å²) in [6.45, 7) is 4.78. The summed E-state index contributed by atoms with van der Waals surface area (Å²) in [6.07, 6.45) is 6.58. The Hall–Kier alpha value is -3.18. The molecule has 1 atom stereocenters. The quantitative estimate of drug-likeness (QED) is 0.432. The van der Waals surface area contributed by atoms with E-state index in [2.05, 4.69) is 0 Å². The van der Waals surface area contributed by atoms with Crippen molar-refractivity contribution in [3.8, 4) is 5.75 Å². The first kappa shape index (κ1) is 20.1. The van der Waals surface area contributed by atoms with E-state index in [1.165, 1.54) is 18.5 Å². The molecule has 0 fully saturated rings. The van der Waals surface area contributed by atoms with Gasteiger partial charge in [0.25, 0.3) is 5.56 Å². The first-order valence-electron chi connectivity index (χ1n) is 8.56. The molecule has 0 amide bonds. The number of Topliss-reactive ketones (excluding diaryl/α,β-unsaturated/α-hetero) is 1. The second kappa shape index (κ2) is 8.47. The largest absolute Gasteiger partial charge is 0.492 e. The molecule has 0 bridgehead atoms. The summed E-state index contributed by atoms with van der Waals surface area (Å²) in [5, 5.41) is 0. The van der Waals surface area contributed by atoms with Gasteiger partial charge in [0.1, 0.15) is 17.1 Å². The van der Waals surface area contributed by atoms with Crippen LogP contribution in [0.2, 0.25) is 0 Å². The van der Waals surface area contributed by atoms with E-state index in [4.69, 9.17) is 9.47 Å². The van der Waals surface area contributed by atoms with Crippen LogP contribution < -0.4 is 10.3 Å². The third-order valence-corrected chi connectivity index (χ3v) is 4.15. The van der Waals surface area contributed by atoms with E-state index in [0.29, 0.717) is 0 Å². The Morgan fingerprint density at radius 1 is 1.19 bits per heavy atom. The Balaban J connectivity index is 2.98. The molecule has 7 nitrogen and oxygen atoms in total. The van der Waals surface area contributed by atoms with Gasteiger partial charge in [0, 0.05) is 12.6 Å². The number of nitrogens with zero attached hydrogens (tertiary/aromatic N) is 1. The van der Waals surface area contributed by atoms with Crippen molar-refractivity contribution in [3.63, 3.8) is 0 Å². The maximum atomic E-state index is 12.9. The van der Waals surface area contributed by atoms with Gasteiger partial charge in [-0.2, -0.15) is 0 Å². The highest BCUT2D eigenvalue weighted by Crippen LogP contribution is 2.35. The summed E-state index contributed by atoms with van der Waals surface area (Å²) in [5.74, 6) is -0.241. The maximum Gasteiger partial charge on any atom is 0.343 e. The summed E-state index contributed by atoms with van der Waals surface area (Å²) in [7, 11) is 1.44. The average Bonchev–Trinajstić information content (AvgIpc) is 2.64. The molecular formula is C20H21NO6. The van der Waals surface area contributed by atoms with Crippen LogP contribution in [0.3, 0.4) is 0 Å². The minimum absolute atomic E-state index is 0.0382. The number of carbonyl (C=O) groups is 2. The maximum absolute atomic E-state index is 12.9. The van der Waals surface area contributed by atoms with Crippen LogP contribution >= 0.6 is 0 Å². The van der Waals surface area contributed by atoms with E-state index in [9.17, 15) is 19.2 Å². The van der Waals surface area contributed by atoms with E-state index in [1.807, 2.05) is 5.94 Å². The standard InChI is InChI=1S/C20H21NO6/c1-5-26-18-15(12(3)23)19(24)21(4)17(16(18)20(25)27-6-2)14-10-8-7-9-13(14)11-22/h7-10,14H,5-6H2,1-4H3. The lowest BCUT2D eigenvalue weighted by Gasteiger charge is -2.24. The van der Waals surface area contributed by atoms with E-state index >= 15 is 0 Å². The molecule has 1 heterocycles. The van der Waals surface area contributed by atoms with Crippen molar-refractivity contribution in [1.82, 2.24) is 4.57 Å². The zero-order valence-corrected chi connectivity index (χ0v) is 15.7. The molecule has 1 aromatic rings. The number of allylic oxidation sites excluding steroid dienone is 5. The average molecular weight is 371 g/mol. The first-order chi connectivity index (χ1) is 12.9. The van der Waals surface area contributed by atoms with Crippen molar-refractivity contribution in [2.45, 2.75) is 26.7 Å². The summed E-state index contributed by atoms with van der Waals surface area (Å²) >= 11 is 0. The number of pyridine rings is 1. The van der Waals surface area contributed by atoms with Gasteiger partial charge >= 0.3 is 5.97 Å². The minimum atomic E-state index is -0.734. The molecule has 7 heteroatoms. The monoisotopic (exact) mass is 371 g/mol. The normalized spacial score (nSPS) is 15.4. The Kier molecular flexibility index (Phi) is 6.32. The van der Waals surface area contributed by atoms with Gasteiger partial charge in [0.05, 0.1) is 24.8 Å². The van der Waals surface area contributed by atoms with Gasteiger partial charge in [0.2, 0.25) is 0 Å². The predicted octanol–water partition coefficient (Wildman–Crippen LogP) is 2.13. The number of rotatable bonds is 6. The van der Waals surface area contributed by atoms with E-state index in [-0.39, 0.29) is 41.4 Å². The number of esters is 1. The summed E-state index contributed by atoms with van der Waals surface area (Å²) in [5.41, 5.74) is -0.411. The molecule has 0 radical (unpaired) electrons. The molecule has 0 saturated carbocycles. The topological polar surface area (TPSA) is 91.7 Å². The lowest BCUT2D eigenvalue weighted by Crippen LogP contribution is -2.32. The highest BCUT2D eigenvalue weighted by molar-refractivity contribution is 6.03. The van der Waals surface area contributed by atoms with Crippen LogP contribution in [-0.4, -0.2) is 35.5 Å². The Morgan fingerprint density at radius 3 is 2.44 bits per heavy atom. The summed E-state index contributed by atoms with van der Waals surface area (Å²) in [4.78, 5) is 49.1. The van der Waals surface area contributed by atoms with Crippen LogP contribution in [-0.2, 0) is 16.6 Å². The molecule has 1 unspecified atom stereocenters. The molecule has 27 heavy (non-hydrogen) atoms. The van der Waals surface area contributed by atoms with Crippen LogP contribution in [0, 0.1) is 0 Å². The predicted molar refractivity (Wildman–Crippen MR) is 99.0 cm³/mol. The van der Waals surface area contributed by atoms with Gasteiger partial charge in [-0.1, -0.05) is 18.2 Å². The SMILES string of the molecule is CCOC(=O)c1c(OCC)c(C(C)=O)c(=O)n(C)c1C1C=CC=CC1=C=O. The van der Waals surface area contributed by atoms with Crippen molar-refractivity contribution in [2.24, 2.45) is 7.05 Å². The van der Waals surface area contributed by atoms with Crippen molar-refractivity contribution < 1.29 is 23.9 Å². The molecule has 2 rings (SSSR count). The van der Waals surface area contributed by atoms with E-state index in [0.717, 1.165) is 0 Å². The van der Waals surface area contributed by atoms with E-state index in [1.54, 1.807) is 38.2 Å². The van der Waals surface area contributed by atoms with Crippen LogP contribution in [0.25, 0.3) is 0 Å². The third-order valence-electron chi connectivity index (χ3n) is 4.15. The second-order valence-electron chi connectivity index (χ2n) is 5.82. The molecule has 0 aliphatic heterocycles. The van der Waals surface area contributed by atoms with Crippen molar-refractivity contribution in [3.05, 3.63) is 57.1 Å². The zero-order valence-electron chi connectivity index (χ0n) is 15.7. The number of ether oxygens (including phenoxy) is 2. The van der Waals surface area contributed by atoms with Crippen molar-refractivity contribution >= 4 is 17.7 Å². The molecule has 1 aromatic heterocycles. The van der Waals surface area contributed by atoms with Crippen molar-refractivity contribution in [1.29, 1.82) is 0 Å². The molecule has 0 N–H and O–H groups in total. The first-order valence-corrected chi connectivity index (χ1v) is 8.56. The third kappa shape index (κ3) is 3.68. The van der Waals surface area contributed by atoms with Gasteiger partial charge < -0.3 is 14.0 Å². The van der Waals surface area contributed by atoms with Gasteiger partial charge in [0.15, 0.2) is 11.5 Å². The second-order valence-corrected chi connectivity index (χ2v) is 5.82.